The molecule has 0 atom stereocenters. The number of aryl methyl sites for hydroxylation is 2. The van der Waals surface area contributed by atoms with Gasteiger partial charge in [-0.15, -0.1) is 0 Å². The number of benzene rings is 3. The standard InChI is InChI=1S/C29H30F3N3O4/c1-17-6-10-20(11-7-17)34-26(37)23-15-21(12-13-24(23)39-5)35-25(36)22-14-19(9-8-18(22)2)16-33-27(38)28(3,4)29(30,31)32/h6-15H,16H2,1-5H3,(H,33,38)(H,34,37)(H,35,36). The molecule has 3 amide bonds. The number of halogens is 3. The number of hydrogen-bond acceptors (Lipinski definition) is 4. The molecule has 0 saturated heterocycles. The van der Waals surface area contributed by atoms with Crippen molar-refractivity contribution in [2.24, 2.45) is 5.41 Å². The molecule has 3 rings (SSSR count). The molecule has 0 radical (unpaired) electrons. The average molecular weight is 542 g/mol. The van der Waals surface area contributed by atoms with Gasteiger partial charge in [-0.1, -0.05) is 29.8 Å². The Morgan fingerprint density at radius 2 is 1.38 bits per heavy atom. The predicted molar refractivity (Wildman–Crippen MR) is 143 cm³/mol. The summed E-state index contributed by atoms with van der Waals surface area (Å²) >= 11 is 0. The van der Waals surface area contributed by atoms with E-state index in [4.69, 9.17) is 4.74 Å². The van der Waals surface area contributed by atoms with E-state index < -0.39 is 29.3 Å². The molecule has 7 nitrogen and oxygen atoms in total. The van der Waals surface area contributed by atoms with E-state index in [9.17, 15) is 27.6 Å². The highest BCUT2D eigenvalue weighted by Gasteiger charge is 2.52. The number of alkyl halides is 3. The molecule has 0 aromatic heterocycles. The maximum absolute atomic E-state index is 13.1. The molecule has 0 aliphatic rings. The second-order valence-electron chi connectivity index (χ2n) is 9.64. The lowest BCUT2D eigenvalue weighted by Gasteiger charge is -2.26. The van der Waals surface area contributed by atoms with Gasteiger partial charge in [0.25, 0.3) is 11.8 Å². The van der Waals surface area contributed by atoms with E-state index in [0.29, 0.717) is 28.3 Å². The zero-order valence-corrected chi connectivity index (χ0v) is 22.2. The molecule has 0 aliphatic carbocycles. The van der Waals surface area contributed by atoms with Gasteiger partial charge in [0.1, 0.15) is 11.2 Å². The average Bonchev–Trinajstić information content (AvgIpc) is 2.88. The molecule has 0 unspecified atom stereocenters. The molecule has 0 heterocycles. The van der Waals surface area contributed by atoms with Crippen LogP contribution in [0.15, 0.2) is 60.7 Å². The van der Waals surface area contributed by atoms with Gasteiger partial charge in [-0.25, -0.2) is 0 Å². The molecule has 0 aliphatic heterocycles. The molecule has 0 spiro atoms. The number of hydrogen-bond donors (Lipinski definition) is 3. The Hall–Kier alpha value is -4.34. The van der Waals surface area contributed by atoms with E-state index in [-0.39, 0.29) is 17.7 Å². The Labute approximate surface area is 224 Å². The highest BCUT2D eigenvalue weighted by atomic mass is 19.4. The third-order valence-corrected chi connectivity index (χ3v) is 6.29. The molecule has 0 fully saturated rings. The van der Waals surface area contributed by atoms with Crippen LogP contribution in [0.25, 0.3) is 0 Å². The van der Waals surface area contributed by atoms with Crippen LogP contribution in [-0.4, -0.2) is 31.0 Å². The Morgan fingerprint density at radius 1 is 0.795 bits per heavy atom. The van der Waals surface area contributed by atoms with Crippen LogP contribution in [-0.2, 0) is 11.3 Å². The number of rotatable bonds is 8. The fourth-order valence-electron chi connectivity index (χ4n) is 3.55. The topological polar surface area (TPSA) is 96.5 Å². The lowest BCUT2D eigenvalue weighted by atomic mass is 9.91. The molecule has 3 aromatic carbocycles. The fourth-order valence-corrected chi connectivity index (χ4v) is 3.55. The Balaban J connectivity index is 1.76. The van der Waals surface area contributed by atoms with Crippen molar-refractivity contribution in [1.82, 2.24) is 5.32 Å². The normalized spacial score (nSPS) is 11.5. The Bertz CT molecular complexity index is 1380. The van der Waals surface area contributed by atoms with Crippen molar-refractivity contribution in [2.45, 2.75) is 40.4 Å². The lowest BCUT2D eigenvalue weighted by Crippen LogP contribution is -2.46. The summed E-state index contributed by atoms with van der Waals surface area (Å²) < 4.78 is 44.7. The molecule has 10 heteroatoms. The highest BCUT2D eigenvalue weighted by molar-refractivity contribution is 6.09. The Morgan fingerprint density at radius 3 is 2.00 bits per heavy atom. The summed E-state index contributed by atoms with van der Waals surface area (Å²) in [6, 6.07) is 16.7. The number of methoxy groups -OCH3 is 1. The minimum absolute atomic E-state index is 0.190. The molecule has 3 N–H and O–H groups in total. The van der Waals surface area contributed by atoms with Crippen LogP contribution < -0.4 is 20.7 Å². The molecule has 0 saturated carbocycles. The summed E-state index contributed by atoms with van der Waals surface area (Å²) in [6.07, 6.45) is -4.70. The van der Waals surface area contributed by atoms with Gasteiger partial charge >= 0.3 is 6.18 Å². The van der Waals surface area contributed by atoms with Gasteiger partial charge < -0.3 is 20.7 Å². The first-order valence-electron chi connectivity index (χ1n) is 12.0. The number of ether oxygens (including phenoxy) is 1. The van der Waals surface area contributed by atoms with Crippen molar-refractivity contribution in [3.8, 4) is 5.75 Å². The van der Waals surface area contributed by atoms with Gasteiger partial charge in [-0.05, 0) is 75.2 Å². The van der Waals surface area contributed by atoms with Crippen LogP contribution in [0.2, 0.25) is 0 Å². The second-order valence-corrected chi connectivity index (χ2v) is 9.64. The molecule has 3 aromatic rings. The van der Waals surface area contributed by atoms with Crippen LogP contribution in [0.3, 0.4) is 0 Å². The minimum atomic E-state index is -4.70. The van der Waals surface area contributed by atoms with E-state index in [0.717, 1.165) is 19.4 Å². The van der Waals surface area contributed by atoms with Gasteiger partial charge in [0.2, 0.25) is 5.91 Å². The summed E-state index contributed by atoms with van der Waals surface area (Å²) in [4.78, 5) is 38.2. The molecular formula is C29H30F3N3O4. The first-order chi connectivity index (χ1) is 18.2. The predicted octanol–water partition coefficient (Wildman–Crippen LogP) is 6.02. The van der Waals surface area contributed by atoms with Crippen molar-refractivity contribution in [3.05, 3.63) is 88.5 Å². The minimum Gasteiger partial charge on any atom is -0.496 e. The second kappa shape index (κ2) is 11.6. The summed E-state index contributed by atoms with van der Waals surface area (Å²) in [5, 5.41) is 7.83. The number of nitrogens with one attached hydrogen (secondary N) is 3. The molecule has 206 valence electrons. The summed E-state index contributed by atoms with van der Waals surface area (Å²) in [5.74, 6) is -1.78. The maximum Gasteiger partial charge on any atom is 0.402 e. The SMILES string of the molecule is COc1ccc(NC(=O)c2cc(CNC(=O)C(C)(C)C(F)(F)F)ccc2C)cc1C(=O)Nc1ccc(C)cc1. The Kier molecular flexibility index (Phi) is 8.68. The zero-order valence-electron chi connectivity index (χ0n) is 22.2. The summed E-state index contributed by atoms with van der Waals surface area (Å²) in [7, 11) is 1.43. The first-order valence-corrected chi connectivity index (χ1v) is 12.0. The zero-order chi connectivity index (χ0) is 29.0. The first kappa shape index (κ1) is 29.2. The molecule has 0 bridgehead atoms. The smallest absolute Gasteiger partial charge is 0.402 e. The number of amides is 3. The third-order valence-electron chi connectivity index (χ3n) is 6.29. The van der Waals surface area contributed by atoms with Crippen molar-refractivity contribution >= 4 is 29.1 Å². The van der Waals surface area contributed by atoms with E-state index in [1.807, 2.05) is 19.1 Å². The summed E-state index contributed by atoms with van der Waals surface area (Å²) in [5.41, 5.74) is 0.946. The van der Waals surface area contributed by atoms with E-state index in [1.165, 1.54) is 19.2 Å². The van der Waals surface area contributed by atoms with E-state index in [1.54, 1.807) is 43.3 Å². The van der Waals surface area contributed by atoms with Gasteiger partial charge in [0, 0.05) is 23.5 Å². The fraction of sp³-hybridized carbons (Fsp3) is 0.276. The number of anilines is 2. The van der Waals surface area contributed by atoms with Gasteiger partial charge in [0.05, 0.1) is 12.7 Å². The van der Waals surface area contributed by atoms with Crippen molar-refractivity contribution < 1.29 is 32.3 Å². The van der Waals surface area contributed by atoms with Crippen LogP contribution in [0.5, 0.6) is 5.75 Å². The van der Waals surface area contributed by atoms with Crippen LogP contribution in [0.4, 0.5) is 24.5 Å². The van der Waals surface area contributed by atoms with E-state index in [2.05, 4.69) is 16.0 Å². The van der Waals surface area contributed by atoms with Crippen molar-refractivity contribution in [3.63, 3.8) is 0 Å². The van der Waals surface area contributed by atoms with Gasteiger partial charge in [-0.2, -0.15) is 13.2 Å². The number of carbonyl (C=O) groups excluding carboxylic acids is 3. The maximum atomic E-state index is 13.1. The van der Waals surface area contributed by atoms with Gasteiger partial charge in [-0.3, -0.25) is 14.4 Å². The quantitative estimate of drug-likeness (QED) is 0.325. The largest absolute Gasteiger partial charge is 0.496 e. The summed E-state index contributed by atoms with van der Waals surface area (Å²) in [6.45, 7) is 5.06. The van der Waals surface area contributed by atoms with Gasteiger partial charge in [0.15, 0.2) is 0 Å². The van der Waals surface area contributed by atoms with Crippen LogP contribution >= 0.6 is 0 Å². The van der Waals surface area contributed by atoms with Crippen LogP contribution in [0.1, 0.15) is 51.3 Å². The molecule has 39 heavy (non-hydrogen) atoms. The van der Waals surface area contributed by atoms with Crippen molar-refractivity contribution in [1.29, 1.82) is 0 Å². The van der Waals surface area contributed by atoms with Crippen molar-refractivity contribution in [2.75, 3.05) is 17.7 Å². The lowest BCUT2D eigenvalue weighted by molar-refractivity contribution is -0.211. The van der Waals surface area contributed by atoms with E-state index >= 15 is 0 Å². The molecular weight excluding hydrogens is 511 g/mol. The third kappa shape index (κ3) is 6.95. The number of carbonyl (C=O) groups is 3. The highest BCUT2D eigenvalue weighted by Crippen LogP contribution is 2.37. The monoisotopic (exact) mass is 541 g/mol. The van der Waals surface area contributed by atoms with Crippen LogP contribution in [0, 0.1) is 19.3 Å².